The van der Waals surface area contributed by atoms with E-state index in [4.69, 9.17) is 5.73 Å². The molecule has 0 aliphatic carbocycles. The van der Waals surface area contributed by atoms with Crippen LogP contribution in [-0.4, -0.2) is 17.7 Å². The Bertz CT molecular complexity index is 824. The summed E-state index contributed by atoms with van der Waals surface area (Å²) in [5, 5.41) is 1.94. The van der Waals surface area contributed by atoms with E-state index in [2.05, 4.69) is 0 Å². The fraction of sp³-hybridized carbons (Fsp3) is 0.0625. The molecule has 0 saturated heterocycles. The van der Waals surface area contributed by atoms with Gasteiger partial charge in [-0.1, -0.05) is 6.07 Å². The van der Waals surface area contributed by atoms with Crippen LogP contribution in [0.5, 0.6) is 0 Å². The smallest absolute Gasteiger partial charge is 0.323 e. The monoisotopic (exact) mass is 333 g/mol. The van der Waals surface area contributed by atoms with Crippen LogP contribution in [0.1, 0.15) is 6.92 Å². The summed E-state index contributed by atoms with van der Waals surface area (Å²) in [6, 6.07) is 8.16. The third-order valence-electron chi connectivity index (χ3n) is 3.02. The minimum atomic E-state index is -1.29. The largest absolute Gasteiger partial charge is 0.399 e. The van der Waals surface area contributed by atoms with Crippen molar-refractivity contribution in [2.45, 2.75) is 6.92 Å². The lowest BCUT2D eigenvalue weighted by Crippen LogP contribution is -2.42. The molecule has 8 heteroatoms. The number of amides is 3. The van der Waals surface area contributed by atoms with Crippen molar-refractivity contribution in [2.75, 3.05) is 16.0 Å². The number of hydrogen-bond donors (Lipinski definition) is 2. The topological polar surface area (TPSA) is 92.5 Å². The summed E-state index contributed by atoms with van der Waals surface area (Å²) < 4.78 is 26.7. The maximum Gasteiger partial charge on any atom is 0.323 e. The van der Waals surface area contributed by atoms with Crippen molar-refractivity contribution in [3.63, 3.8) is 0 Å². The third kappa shape index (κ3) is 3.72. The van der Waals surface area contributed by atoms with Crippen molar-refractivity contribution in [3.8, 4) is 0 Å². The van der Waals surface area contributed by atoms with Crippen molar-refractivity contribution in [3.05, 3.63) is 54.1 Å². The Balaban J connectivity index is 2.28. The van der Waals surface area contributed by atoms with Gasteiger partial charge >= 0.3 is 11.8 Å². The maximum absolute atomic E-state index is 13.5. The normalized spacial score (nSPS) is 10.1. The second-order valence-electron chi connectivity index (χ2n) is 4.83. The van der Waals surface area contributed by atoms with E-state index in [0.29, 0.717) is 4.90 Å². The van der Waals surface area contributed by atoms with Gasteiger partial charge in [-0.3, -0.25) is 14.4 Å². The van der Waals surface area contributed by atoms with Crippen LogP contribution in [-0.2, 0) is 14.4 Å². The zero-order valence-corrected chi connectivity index (χ0v) is 12.5. The van der Waals surface area contributed by atoms with Gasteiger partial charge in [0.15, 0.2) is 0 Å². The van der Waals surface area contributed by atoms with Gasteiger partial charge in [-0.15, -0.1) is 0 Å². The Morgan fingerprint density at radius 1 is 1.08 bits per heavy atom. The molecule has 2 rings (SSSR count). The molecule has 0 aromatic heterocycles. The molecule has 0 unspecified atom stereocenters. The molecule has 0 atom stereocenters. The summed E-state index contributed by atoms with van der Waals surface area (Å²) in [7, 11) is 0. The lowest BCUT2D eigenvalue weighted by atomic mass is 10.2. The quantitative estimate of drug-likeness (QED) is 0.650. The number of carbonyl (C=O) groups excluding carboxylic acids is 3. The molecule has 3 amide bonds. The van der Waals surface area contributed by atoms with Crippen LogP contribution in [0.3, 0.4) is 0 Å². The van der Waals surface area contributed by atoms with Gasteiger partial charge in [0.25, 0.3) is 0 Å². The van der Waals surface area contributed by atoms with Crippen LogP contribution < -0.4 is 16.0 Å². The average molecular weight is 333 g/mol. The van der Waals surface area contributed by atoms with Crippen molar-refractivity contribution in [2.24, 2.45) is 0 Å². The van der Waals surface area contributed by atoms with E-state index >= 15 is 0 Å². The molecule has 0 heterocycles. The van der Waals surface area contributed by atoms with Gasteiger partial charge in [0.05, 0.1) is 11.4 Å². The number of nitrogens with one attached hydrogen (secondary N) is 1. The number of imide groups is 1. The van der Waals surface area contributed by atoms with Crippen LogP contribution in [0.15, 0.2) is 42.5 Å². The van der Waals surface area contributed by atoms with Crippen LogP contribution in [0.2, 0.25) is 0 Å². The maximum atomic E-state index is 13.5. The predicted molar refractivity (Wildman–Crippen MR) is 84.0 cm³/mol. The minimum absolute atomic E-state index is 0.0855. The van der Waals surface area contributed by atoms with Gasteiger partial charge in [-0.25, -0.2) is 13.7 Å². The van der Waals surface area contributed by atoms with Crippen LogP contribution >= 0.6 is 0 Å². The highest BCUT2D eigenvalue weighted by Gasteiger charge is 2.27. The van der Waals surface area contributed by atoms with Crippen molar-refractivity contribution < 1.29 is 23.2 Å². The number of halogens is 2. The summed E-state index contributed by atoms with van der Waals surface area (Å²) in [5.41, 5.74) is 5.45. The number of hydrogen-bond acceptors (Lipinski definition) is 4. The van der Waals surface area contributed by atoms with Gasteiger partial charge in [-0.2, -0.15) is 0 Å². The standard InChI is InChI=1S/C16H13F2N3O3/c1-9(22)21(12-4-2-3-11(19)8-12)16(24)15(23)20-14-7-10(17)5-6-13(14)18/h2-8H,19H2,1H3,(H,20,23). The molecule has 0 radical (unpaired) electrons. The Morgan fingerprint density at radius 3 is 2.42 bits per heavy atom. The lowest BCUT2D eigenvalue weighted by molar-refractivity contribution is -0.136. The molecule has 0 bridgehead atoms. The van der Waals surface area contributed by atoms with E-state index in [1.165, 1.54) is 24.3 Å². The summed E-state index contributed by atoms with van der Waals surface area (Å²) in [4.78, 5) is 36.5. The third-order valence-corrected chi connectivity index (χ3v) is 3.02. The zero-order valence-electron chi connectivity index (χ0n) is 12.5. The number of nitrogens with two attached hydrogens (primary N) is 1. The molecule has 2 aromatic carbocycles. The summed E-state index contributed by atoms with van der Waals surface area (Å²) in [5.74, 6) is -5.00. The highest BCUT2D eigenvalue weighted by molar-refractivity contribution is 6.48. The zero-order chi connectivity index (χ0) is 17.9. The molecule has 124 valence electrons. The fourth-order valence-electron chi connectivity index (χ4n) is 1.98. The number of carbonyl (C=O) groups is 3. The van der Waals surface area contributed by atoms with Crippen LogP contribution in [0, 0.1) is 11.6 Å². The van der Waals surface area contributed by atoms with E-state index in [9.17, 15) is 23.2 Å². The van der Waals surface area contributed by atoms with Crippen molar-refractivity contribution in [1.82, 2.24) is 0 Å². The SMILES string of the molecule is CC(=O)N(C(=O)C(=O)Nc1cc(F)ccc1F)c1cccc(N)c1. The number of anilines is 3. The van der Waals surface area contributed by atoms with Gasteiger partial charge in [-0.05, 0) is 30.3 Å². The second kappa shape index (κ2) is 6.86. The van der Waals surface area contributed by atoms with E-state index in [0.717, 1.165) is 25.1 Å². The molecule has 2 aromatic rings. The first-order chi connectivity index (χ1) is 11.3. The van der Waals surface area contributed by atoms with Gasteiger partial charge in [0.2, 0.25) is 5.91 Å². The van der Waals surface area contributed by atoms with E-state index < -0.39 is 35.0 Å². The molecule has 0 spiro atoms. The van der Waals surface area contributed by atoms with Gasteiger partial charge in [0.1, 0.15) is 11.6 Å². The molecule has 0 saturated carbocycles. The molecule has 24 heavy (non-hydrogen) atoms. The molecule has 3 N–H and O–H groups in total. The molecule has 0 aliphatic heterocycles. The summed E-state index contributed by atoms with van der Waals surface area (Å²) in [6.45, 7) is 1.08. The Kier molecular flexibility index (Phi) is 4.88. The average Bonchev–Trinajstić information content (AvgIpc) is 2.50. The first-order valence-electron chi connectivity index (χ1n) is 6.76. The highest BCUT2D eigenvalue weighted by atomic mass is 19.1. The molecular formula is C16H13F2N3O3. The lowest BCUT2D eigenvalue weighted by Gasteiger charge is -2.19. The Hall–Kier alpha value is -3.29. The number of nitrogens with zero attached hydrogens (tertiary/aromatic N) is 1. The number of nitrogen functional groups attached to an aromatic ring is 1. The number of rotatable bonds is 2. The Labute approximate surface area is 135 Å². The van der Waals surface area contributed by atoms with Crippen molar-refractivity contribution >= 4 is 34.8 Å². The number of benzene rings is 2. The van der Waals surface area contributed by atoms with E-state index in [-0.39, 0.29) is 11.4 Å². The van der Waals surface area contributed by atoms with E-state index in [1.54, 1.807) is 0 Å². The first kappa shape index (κ1) is 17.1. The van der Waals surface area contributed by atoms with E-state index in [1.807, 2.05) is 5.32 Å². The van der Waals surface area contributed by atoms with Gasteiger partial charge in [0, 0.05) is 18.7 Å². The van der Waals surface area contributed by atoms with Crippen molar-refractivity contribution in [1.29, 1.82) is 0 Å². The van der Waals surface area contributed by atoms with Crippen LogP contribution in [0.4, 0.5) is 25.8 Å². The fourth-order valence-corrected chi connectivity index (χ4v) is 1.98. The molecule has 0 fully saturated rings. The molecule has 6 nitrogen and oxygen atoms in total. The predicted octanol–water partition coefficient (Wildman–Crippen LogP) is 2.07. The summed E-state index contributed by atoms with van der Waals surface area (Å²) >= 11 is 0. The van der Waals surface area contributed by atoms with Gasteiger partial charge < -0.3 is 11.1 Å². The molecule has 0 aliphatic rings. The highest BCUT2D eigenvalue weighted by Crippen LogP contribution is 2.19. The first-order valence-corrected chi connectivity index (χ1v) is 6.76. The molecular weight excluding hydrogens is 320 g/mol. The minimum Gasteiger partial charge on any atom is -0.399 e. The Morgan fingerprint density at radius 2 is 1.79 bits per heavy atom. The second-order valence-corrected chi connectivity index (χ2v) is 4.83. The van der Waals surface area contributed by atoms with Crippen LogP contribution in [0.25, 0.3) is 0 Å². The summed E-state index contributed by atoms with van der Waals surface area (Å²) in [6.07, 6.45) is 0.